The van der Waals surface area contributed by atoms with Crippen LogP contribution in [0.3, 0.4) is 0 Å². The molecule has 2 amide bonds. The first kappa shape index (κ1) is 22.0. The van der Waals surface area contributed by atoms with Crippen LogP contribution in [0.2, 0.25) is 5.02 Å². The van der Waals surface area contributed by atoms with Gasteiger partial charge in [0.2, 0.25) is 0 Å². The van der Waals surface area contributed by atoms with E-state index in [9.17, 15) is 9.59 Å². The Hall–Kier alpha value is -2.68. The number of amides is 2. The Morgan fingerprint density at radius 2 is 1.93 bits per heavy atom. The molecule has 0 aliphatic carbocycles. The summed E-state index contributed by atoms with van der Waals surface area (Å²) in [7, 11) is 0. The lowest BCUT2D eigenvalue weighted by atomic mass is 10.1. The Bertz CT molecular complexity index is 948. The van der Waals surface area contributed by atoms with Crippen molar-refractivity contribution in [2.45, 2.75) is 6.92 Å². The van der Waals surface area contributed by atoms with Gasteiger partial charge in [-0.3, -0.25) is 14.9 Å². The first-order valence-corrected chi connectivity index (χ1v) is 10.2. The van der Waals surface area contributed by atoms with Gasteiger partial charge in [0, 0.05) is 18.7 Å². The maximum atomic E-state index is 12.7. The number of aryl methyl sites for hydroxylation is 1. The summed E-state index contributed by atoms with van der Waals surface area (Å²) < 4.78 is 10.8. The van der Waals surface area contributed by atoms with Crippen LogP contribution in [0.1, 0.15) is 15.9 Å². The topological polar surface area (TPSA) is 79.9 Å². The second kappa shape index (κ2) is 10.4. The van der Waals surface area contributed by atoms with Crippen LogP contribution in [0, 0.1) is 6.92 Å². The minimum atomic E-state index is -0.410. The number of carbonyl (C=O) groups is 2. The van der Waals surface area contributed by atoms with E-state index in [0.717, 1.165) is 5.56 Å². The summed E-state index contributed by atoms with van der Waals surface area (Å²) in [5, 5.41) is 5.85. The fourth-order valence-electron chi connectivity index (χ4n) is 2.88. The van der Waals surface area contributed by atoms with Gasteiger partial charge in [0.05, 0.1) is 23.9 Å². The predicted molar refractivity (Wildman–Crippen MR) is 119 cm³/mol. The highest BCUT2D eigenvalue weighted by Gasteiger charge is 2.19. The molecular formula is C21H22ClN3O4S. The lowest BCUT2D eigenvalue weighted by molar-refractivity contribution is -0.121. The van der Waals surface area contributed by atoms with Gasteiger partial charge in [0.1, 0.15) is 5.75 Å². The normalized spacial score (nSPS) is 13.5. The van der Waals surface area contributed by atoms with Gasteiger partial charge >= 0.3 is 0 Å². The maximum Gasteiger partial charge on any atom is 0.264 e. The van der Waals surface area contributed by atoms with Gasteiger partial charge in [-0.2, -0.15) is 0 Å². The van der Waals surface area contributed by atoms with Crippen molar-refractivity contribution in [2.75, 3.05) is 38.2 Å². The Morgan fingerprint density at radius 3 is 2.67 bits per heavy atom. The summed E-state index contributed by atoms with van der Waals surface area (Å²) in [6, 6.07) is 12.3. The number of hydrogen-bond donors (Lipinski definition) is 2. The summed E-state index contributed by atoms with van der Waals surface area (Å²) in [5.74, 6) is 0.107. The Kier molecular flexibility index (Phi) is 7.62. The SMILES string of the molecule is Cc1ccccc1OCC(=O)NC(=S)Nc1cc(C(=O)N2CCOCC2)ccc1Cl. The van der Waals surface area contributed by atoms with Crippen molar-refractivity contribution in [3.05, 3.63) is 58.6 Å². The molecule has 2 N–H and O–H groups in total. The summed E-state index contributed by atoms with van der Waals surface area (Å²) in [4.78, 5) is 26.5. The monoisotopic (exact) mass is 447 g/mol. The molecular weight excluding hydrogens is 426 g/mol. The van der Waals surface area contributed by atoms with E-state index in [-0.39, 0.29) is 17.6 Å². The van der Waals surface area contributed by atoms with Crippen molar-refractivity contribution >= 4 is 46.4 Å². The molecule has 158 valence electrons. The van der Waals surface area contributed by atoms with Crippen LogP contribution < -0.4 is 15.4 Å². The Balaban J connectivity index is 1.57. The molecule has 7 nitrogen and oxygen atoms in total. The van der Waals surface area contributed by atoms with Gasteiger partial charge in [-0.25, -0.2) is 0 Å². The van der Waals surface area contributed by atoms with Gasteiger partial charge in [-0.1, -0.05) is 29.8 Å². The van der Waals surface area contributed by atoms with E-state index in [1.165, 1.54) is 0 Å². The molecule has 0 unspecified atom stereocenters. The van der Waals surface area contributed by atoms with Gasteiger partial charge in [-0.15, -0.1) is 0 Å². The van der Waals surface area contributed by atoms with Crippen molar-refractivity contribution in [3.8, 4) is 5.75 Å². The molecule has 0 aromatic heterocycles. The number of benzene rings is 2. The molecule has 1 fully saturated rings. The molecule has 3 rings (SSSR count). The number of para-hydroxylation sites is 1. The zero-order valence-corrected chi connectivity index (χ0v) is 18.0. The van der Waals surface area contributed by atoms with E-state index in [1.807, 2.05) is 25.1 Å². The molecule has 0 spiro atoms. The van der Waals surface area contributed by atoms with E-state index in [0.29, 0.717) is 48.3 Å². The Morgan fingerprint density at radius 1 is 1.20 bits per heavy atom. The number of morpholine rings is 1. The molecule has 0 atom stereocenters. The fraction of sp³-hybridized carbons (Fsp3) is 0.286. The van der Waals surface area contributed by atoms with Crippen molar-refractivity contribution in [1.29, 1.82) is 0 Å². The van der Waals surface area contributed by atoms with Crippen LogP contribution in [0.15, 0.2) is 42.5 Å². The number of carbonyl (C=O) groups excluding carboxylic acids is 2. The molecule has 1 aliphatic rings. The number of halogens is 1. The van der Waals surface area contributed by atoms with Crippen LogP contribution in [-0.2, 0) is 9.53 Å². The fourth-order valence-corrected chi connectivity index (χ4v) is 3.27. The quantitative estimate of drug-likeness (QED) is 0.686. The van der Waals surface area contributed by atoms with Gasteiger partial charge in [-0.05, 0) is 49.0 Å². The zero-order valence-electron chi connectivity index (χ0n) is 16.4. The number of ether oxygens (including phenoxy) is 2. The first-order chi connectivity index (χ1) is 14.4. The lowest BCUT2D eigenvalue weighted by Crippen LogP contribution is -2.40. The van der Waals surface area contributed by atoms with Crippen molar-refractivity contribution < 1.29 is 19.1 Å². The third-order valence-corrected chi connectivity index (χ3v) is 5.00. The minimum Gasteiger partial charge on any atom is -0.483 e. The second-order valence-electron chi connectivity index (χ2n) is 6.66. The maximum absolute atomic E-state index is 12.7. The first-order valence-electron chi connectivity index (χ1n) is 9.40. The molecule has 30 heavy (non-hydrogen) atoms. The third-order valence-electron chi connectivity index (χ3n) is 4.47. The predicted octanol–water partition coefficient (Wildman–Crippen LogP) is 3.01. The van der Waals surface area contributed by atoms with E-state index in [2.05, 4.69) is 10.6 Å². The van der Waals surface area contributed by atoms with Crippen molar-refractivity contribution in [3.63, 3.8) is 0 Å². The number of thiocarbonyl (C=S) groups is 1. The third kappa shape index (κ3) is 5.91. The summed E-state index contributed by atoms with van der Waals surface area (Å²) in [6.07, 6.45) is 0. The molecule has 0 saturated carbocycles. The summed E-state index contributed by atoms with van der Waals surface area (Å²) in [6.45, 7) is 3.83. The summed E-state index contributed by atoms with van der Waals surface area (Å²) in [5.41, 5.74) is 1.83. The van der Waals surface area contributed by atoms with Crippen LogP contribution in [-0.4, -0.2) is 54.7 Å². The number of hydrogen-bond acceptors (Lipinski definition) is 5. The molecule has 0 bridgehead atoms. The van der Waals surface area contributed by atoms with Crippen LogP contribution >= 0.6 is 23.8 Å². The minimum absolute atomic E-state index is 0.0613. The molecule has 2 aromatic rings. The van der Waals surface area contributed by atoms with E-state index >= 15 is 0 Å². The van der Waals surface area contributed by atoms with Crippen LogP contribution in [0.25, 0.3) is 0 Å². The van der Waals surface area contributed by atoms with Gasteiger partial charge < -0.3 is 19.7 Å². The average Bonchev–Trinajstić information content (AvgIpc) is 2.75. The lowest BCUT2D eigenvalue weighted by Gasteiger charge is -2.27. The average molecular weight is 448 g/mol. The van der Waals surface area contributed by atoms with Gasteiger partial charge in [0.25, 0.3) is 11.8 Å². The molecule has 9 heteroatoms. The zero-order chi connectivity index (χ0) is 21.5. The van der Waals surface area contributed by atoms with E-state index < -0.39 is 5.91 Å². The standard InChI is InChI=1S/C21H22ClN3O4S/c1-14-4-2-3-5-18(14)29-13-19(26)24-21(30)23-17-12-15(6-7-16(17)22)20(27)25-8-10-28-11-9-25/h2-7,12H,8-11,13H2,1H3,(H2,23,24,26,30). The largest absolute Gasteiger partial charge is 0.483 e. The van der Waals surface area contributed by atoms with E-state index in [1.54, 1.807) is 29.2 Å². The van der Waals surface area contributed by atoms with Crippen LogP contribution in [0.4, 0.5) is 5.69 Å². The number of nitrogens with zero attached hydrogens (tertiary/aromatic N) is 1. The number of rotatable bonds is 5. The molecule has 2 aromatic carbocycles. The second-order valence-corrected chi connectivity index (χ2v) is 7.47. The molecule has 1 aliphatic heterocycles. The molecule has 1 saturated heterocycles. The van der Waals surface area contributed by atoms with Crippen molar-refractivity contribution in [2.24, 2.45) is 0 Å². The number of nitrogens with one attached hydrogen (secondary N) is 2. The highest BCUT2D eigenvalue weighted by molar-refractivity contribution is 7.80. The highest BCUT2D eigenvalue weighted by Crippen LogP contribution is 2.24. The van der Waals surface area contributed by atoms with E-state index in [4.69, 9.17) is 33.3 Å². The molecule has 1 heterocycles. The molecule has 0 radical (unpaired) electrons. The number of anilines is 1. The Labute approximate surface area is 185 Å². The van der Waals surface area contributed by atoms with Crippen molar-refractivity contribution in [1.82, 2.24) is 10.2 Å². The summed E-state index contributed by atoms with van der Waals surface area (Å²) >= 11 is 11.4. The van der Waals surface area contributed by atoms with Gasteiger partial charge in [0.15, 0.2) is 11.7 Å². The smallest absolute Gasteiger partial charge is 0.264 e. The van der Waals surface area contributed by atoms with Crippen LogP contribution in [0.5, 0.6) is 5.75 Å². The highest BCUT2D eigenvalue weighted by atomic mass is 35.5.